The number of esters is 1. The molecule has 2 aromatic rings. The topological polar surface area (TPSA) is 256 Å². The summed E-state index contributed by atoms with van der Waals surface area (Å²) in [4.78, 5) is 65.8. The molecule has 0 bridgehead atoms. The van der Waals surface area contributed by atoms with Crippen LogP contribution in [0, 0.1) is 0 Å². The number of nitrogens with zero attached hydrogens (tertiary/aromatic N) is 2. The van der Waals surface area contributed by atoms with E-state index in [4.69, 9.17) is 25.0 Å². The molecule has 1 fully saturated rings. The van der Waals surface area contributed by atoms with Gasteiger partial charge in [0.15, 0.2) is 0 Å². The van der Waals surface area contributed by atoms with Gasteiger partial charge in [-0.3, -0.25) is 9.09 Å². The minimum atomic E-state index is -5.76. The fourth-order valence-electron chi connectivity index (χ4n) is 3.70. The molecule has 3 rings (SSSR count). The molecule has 17 nitrogen and oxygen atoms in total. The van der Waals surface area contributed by atoms with Crippen LogP contribution in [0.1, 0.15) is 40.7 Å². The van der Waals surface area contributed by atoms with Gasteiger partial charge >= 0.3 is 35.1 Å². The number of phosphoric ester groups is 1. The Balaban J connectivity index is 1.83. The van der Waals surface area contributed by atoms with Crippen molar-refractivity contribution in [3.8, 4) is 0 Å². The van der Waals surface area contributed by atoms with Crippen LogP contribution >= 0.6 is 45.1 Å². The van der Waals surface area contributed by atoms with Gasteiger partial charge in [0.2, 0.25) is 0 Å². The van der Waals surface area contributed by atoms with Crippen LogP contribution in [-0.4, -0.2) is 60.2 Å². The summed E-state index contributed by atoms with van der Waals surface area (Å²) in [6.45, 7) is 0.990. The van der Waals surface area contributed by atoms with Crippen LogP contribution in [0.5, 0.6) is 0 Å². The second-order valence-corrected chi connectivity index (χ2v) is 15.5. The molecule has 0 aliphatic carbocycles. The van der Waals surface area contributed by atoms with Crippen molar-refractivity contribution in [3.63, 3.8) is 0 Å². The van der Waals surface area contributed by atoms with Crippen LogP contribution in [0.2, 0.25) is 0 Å². The third kappa shape index (κ3) is 10.0. The van der Waals surface area contributed by atoms with E-state index in [2.05, 4.69) is 18.1 Å². The fourth-order valence-corrected chi connectivity index (χ4v) is 8.50. The van der Waals surface area contributed by atoms with E-state index < -0.39 is 60.2 Å². The average molecular weight is 677 g/mol. The Labute approximate surface area is 240 Å². The van der Waals surface area contributed by atoms with Crippen molar-refractivity contribution in [2.75, 3.05) is 18.6 Å². The molecule has 1 saturated heterocycles. The highest BCUT2D eigenvalue weighted by Crippen LogP contribution is 2.66. The van der Waals surface area contributed by atoms with Crippen molar-refractivity contribution in [1.82, 2.24) is 9.55 Å². The standard InChI is InChI=1S/C19H26N3O14P3S2/c1-11(41-40-2)12-5-3-4-6-13(12)18(23)34-14-9-17(22-8-7-16(20)21-19(22)24)33-15(14)10-32-38(28,29)36-39(30,31)35-37(25,26)27/h3-8,11,14-15,17H,9-10H2,1-2H3,(H,28,29)(H,30,31)(H2,20,21,24)(H2,25,26,27)/t11?,14?,15-,17-/m1/s1. The lowest BCUT2D eigenvalue weighted by molar-refractivity contribution is -0.0511. The number of rotatable bonds is 13. The van der Waals surface area contributed by atoms with E-state index in [9.17, 15) is 33.1 Å². The van der Waals surface area contributed by atoms with Crippen LogP contribution in [0.15, 0.2) is 41.3 Å². The van der Waals surface area contributed by atoms with Gasteiger partial charge in [-0.25, -0.2) is 23.3 Å². The van der Waals surface area contributed by atoms with Crippen LogP contribution in [0.3, 0.4) is 0 Å². The maximum Gasteiger partial charge on any atom is 0.490 e. The molecule has 6 N–H and O–H groups in total. The first-order chi connectivity index (χ1) is 19.0. The zero-order chi connectivity index (χ0) is 30.6. The van der Waals surface area contributed by atoms with E-state index in [1.165, 1.54) is 33.9 Å². The molecular formula is C19H26N3O14P3S2. The molecule has 0 amide bonds. The number of benzene rings is 1. The number of anilines is 1. The van der Waals surface area contributed by atoms with Gasteiger partial charge in [0, 0.05) is 17.9 Å². The Morgan fingerprint density at radius 1 is 1.17 bits per heavy atom. The second-order valence-electron chi connectivity index (χ2n) is 8.23. The van der Waals surface area contributed by atoms with Crippen molar-refractivity contribution in [2.45, 2.75) is 37.0 Å². The summed E-state index contributed by atoms with van der Waals surface area (Å²) >= 11 is 0. The smallest absolute Gasteiger partial charge is 0.456 e. The molecule has 22 heteroatoms. The highest BCUT2D eigenvalue weighted by Gasteiger charge is 2.44. The maximum absolute atomic E-state index is 13.2. The number of nitrogens with two attached hydrogens (primary N) is 1. The maximum atomic E-state index is 13.2. The summed E-state index contributed by atoms with van der Waals surface area (Å²) in [6, 6.07) is 8.01. The summed E-state index contributed by atoms with van der Waals surface area (Å²) < 4.78 is 59.3. The molecule has 2 heterocycles. The number of carbonyl (C=O) groups excluding carboxylic acids is 1. The third-order valence-corrected chi connectivity index (χ3v) is 11.3. The van der Waals surface area contributed by atoms with Gasteiger partial charge < -0.3 is 34.8 Å². The fraction of sp³-hybridized carbons (Fsp3) is 0.421. The highest BCUT2D eigenvalue weighted by atomic mass is 33.1. The van der Waals surface area contributed by atoms with Gasteiger partial charge in [0.05, 0.1) is 12.2 Å². The molecule has 4 unspecified atom stereocenters. The normalized spacial score (nSPS) is 22.9. The van der Waals surface area contributed by atoms with Crippen molar-refractivity contribution in [2.24, 2.45) is 0 Å². The van der Waals surface area contributed by atoms with Gasteiger partial charge in [-0.2, -0.15) is 13.6 Å². The van der Waals surface area contributed by atoms with E-state index in [1.54, 1.807) is 24.3 Å². The summed E-state index contributed by atoms with van der Waals surface area (Å²) in [7, 11) is -13.9. The van der Waals surface area contributed by atoms with Crippen molar-refractivity contribution in [1.29, 1.82) is 0 Å². The lowest BCUT2D eigenvalue weighted by atomic mass is 10.0. The van der Waals surface area contributed by atoms with E-state index in [0.29, 0.717) is 5.56 Å². The molecule has 0 saturated carbocycles. The number of nitrogen functional groups attached to an aromatic ring is 1. The Hall–Kier alpha value is -1.56. The largest absolute Gasteiger partial charge is 0.490 e. The summed E-state index contributed by atoms with van der Waals surface area (Å²) in [5.74, 6) is -0.834. The van der Waals surface area contributed by atoms with Crippen molar-refractivity contribution < 1.29 is 60.7 Å². The SMILES string of the molecule is CSSC(C)c1ccccc1C(=O)OC1C[C@H](n2ccc(N)nc2=O)O[C@@H]1COP(=O)(O)OP(=O)(O)OP(=O)(O)O. The number of carbonyl (C=O) groups is 1. The molecule has 41 heavy (non-hydrogen) atoms. The zero-order valence-electron chi connectivity index (χ0n) is 21.2. The zero-order valence-corrected chi connectivity index (χ0v) is 25.5. The highest BCUT2D eigenvalue weighted by molar-refractivity contribution is 8.76. The predicted octanol–water partition coefficient (Wildman–Crippen LogP) is 2.75. The molecule has 1 aromatic carbocycles. The van der Waals surface area contributed by atoms with Gasteiger partial charge in [-0.1, -0.05) is 39.8 Å². The molecule has 1 aromatic heterocycles. The molecule has 228 valence electrons. The van der Waals surface area contributed by atoms with Crippen LogP contribution in [0.4, 0.5) is 5.82 Å². The minimum Gasteiger partial charge on any atom is -0.456 e. The molecule has 0 spiro atoms. The Morgan fingerprint density at radius 3 is 2.49 bits per heavy atom. The summed E-state index contributed by atoms with van der Waals surface area (Å²) in [6.07, 6.45) is -0.642. The van der Waals surface area contributed by atoms with Gasteiger partial charge in [-0.05, 0) is 30.9 Å². The van der Waals surface area contributed by atoms with E-state index in [-0.39, 0.29) is 23.1 Å². The first kappa shape index (κ1) is 33.9. The van der Waals surface area contributed by atoms with Crippen molar-refractivity contribution >= 4 is 56.8 Å². The number of phosphoric acid groups is 3. The van der Waals surface area contributed by atoms with E-state index in [0.717, 1.165) is 4.57 Å². The van der Waals surface area contributed by atoms with Crippen LogP contribution in [0.25, 0.3) is 0 Å². The van der Waals surface area contributed by atoms with E-state index >= 15 is 0 Å². The van der Waals surface area contributed by atoms with Crippen LogP contribution < -0.4 is 11.4 Å². The minimum absolute atomic E-state index is 0.0646. The first-order valence-electron chi connectivity index (χ1n) is 11.3. The number of ether oxygens (including phenoxy) is 2. The monoisotopic (exact) mass is 677 g/mol. The lowest BCUT2D eigenvalue weighted by Crippen LogP contribution is -2.31. The Bertz CT molecular complexity index is 1460. The van der Waals surface area contributed by atoms with E-state index in [1.807, 2.05) is 13.2 Å². The quantitative estimate of drug-likeness (QED) is 0.116. The molecule has 0 radical (unpaired) electrons. The Kier molecular flexibility index (Phi) is 11.4. The lowest BCUT2D eigenvalue weighted by Gasteiger charge is -2.22. The third-order valence-electron chi connectivity index (χ3n) is 5.28. The molecule has 1 aliphatic rings. The number of aromatic nitrogens is 2. The number of hydrogen-bond acceptors (Lipinski definition) is 14. The Morgan fingerprint density at radius 2 is 1.85 bits per heavy atom. The van der Waals surface area contributed by atoms with Crippen molar-refractivity contribution in [3.05, 3.63) is 58.1 Å². The predicted molar refractivity (Wildman–Crippen MR) is 146 cm³/mol. The van der Waals surface area contributed by atoms with Gasteiger partial charge in [-0.15, -0.1) is 0 Å². The molecular weight excluding hydrogens is 651 g/mol. The molecule has 1 aliphatic heterocycles. The van der Waals surface area contributed by atoms with Gasteiger partial charge in [0.1, 0.15) is 24.3 Å². The van der Waals surface area contributed by atoms with Gasteiger partial charge in [0.25, 0.3) is 0 Å². The number of hydrogen-bond donors (Lipinski definition) is 5. The summed E-state index contributed by atoms with van der Waals surface area (Å²) in [5, 5.41) is -0.0955. The molecule has 6 atom stereocenters. The van der Waals surface area contributed by atoms with Crippen LogP contribution in [-0.2, 0) is 36.3 Å². The average Bonchev–Trinajstić information content (AvgIpc) is 3.22. The summed E-state index contributed by atoms with van der Waals surface area (Å²) in [5.41, 5.74) is 5.63. The first-order valence-corrected chi connectivity index (χ1v) is 18.4. The second kappa shape index (κ2) is 13.8.